The lowest BCUT2D eigenvalue weighted by Gasteiger charge is -2.42. The lowest BCUT2D eigenvalue weighted by atomic mass is 9.93. The molecular formula is C21H36N2O6Si. The van der Waals surface area contributed by atoms with Gasteiger partial charge in [0.1, 0.15) is 17.8 Å². The Labute approximate surface area is 179 Å². The van der Waals surface area contributed by atoms with E-state index in [4.69, 9.17) is 18.6 Å². The number of fused-ring (bicyclic) bond motifs is 2. The number of unbranched alkanes of at least 4 members (excludes halogenated alkanes) is 1. The van der Waals surface area contributed by atoms with E-state index < -0.39 is 37.5 Å². The lowest BCUT2D eigenvalue weighted by molar-refractivity contribution is -0.216. The molecular weight excluding hydrogens is 404 g/mol. The zero-order valence-corrected chi connectivity index (χ0v) is 20.2. The first-order valence-corrected chi connectivity index (χ1v) is 13.7. The first-order chi connectivity index (χ1) is 13.9. The Morgan fingerprint density at radius 1 is 1.37 bits per heavy atom. The summed E-state index contributed by atoms with van der Waals surface area (Å²) in [4.78, 5) is 26.3. The maximum Gasteiger partial charge on any atom is 0.330 e. The molecule has 1 aromatic heterocycles. The van der Waals surface area contributed by atoms with Crippen molar-refractivity contribution in [1.82, 2.24) is 9.55 Å². The summed E-state index contributed by atoms with van der Waals surface area (Å²) in [6.07, 6.45) is 1.68. The number of aromatic amines is 1. The lowest BCUT2D eigenvalue weighted by Crippen LogP contribution is -2.56. The number of hydrogen-bond acceptors (Lipinski definition) is 6. The molecule has 0 saturated carbocycles. The van der Waals surface area contributed by atoms with E-state index in [1.54, 1.807) is 0 Å². The Hall–Kier alpha value is -1.26. The van der Waals surface area contributed by atoms with Crippen LogP contribution in [-0.2, 0) is 18.6 Å². The van der Waals surface area contributed by atoms with Crippen molar-refractivity contribution in [1.29, 1.82) is 0 Å². The van der Waals surface area contributed by atoms with E-state index in [1.165, 1.54) is 16.8 Å². The molecule has 2 aliphatic rings. The third kappa shape index (κ3) is 4.10. The van der Waals surface area contributed by atoms with Crippen LogP contribution in [0.15, 0.2) is 21.9 Å². The van der Waals surface area contributed by atoms with Gasteiger partial charge in [0.15, 0.2) is 14.5 Å². The molecule has 2 saturated heterocycles. The van der Waals surface area contributed by atoms with Gasteiger partial charge >= 0.3 is 5.69 Å². The SMILES string of the molecule is CCCCO[C@@H](C)[C@]12CO[C@H]([C@H](n3ccc(=O)[nH]c3=O)O1)[C@H]2O[Si](C)(C)C(C)(C)C. The normalized spacial score (nSPS) is 30.0. The number of nitrogens with zero attached hydrogens (tertiary/aromatic N) is 1. The van der Waals surface area contributed by atoms with Crippen molar-refractivity contribution in [2.75, 3.05) is 13.2 Å². The van der Waals surface area contributed by atoms with Gasteiger partial charge in [-0.25, -0.2) is 4.79 Å². The Morgan fingerprint density at radius 2 is 2.07 bits per heavy atom. The van der Waals surface area contributed by atoms with Crippen LogP contribution in [0.1, 0.15) is 53.7 Å². The van der Waals surface area contributed by atoms with Gasteiger partial charge in [0.05, 0.1) is 12.7 Å². The Balaban J connectivity index is 1.97. The molecule has 2 bridgehead atoms. The molecule has 1 N–H and O–H groups in total. The molecule has 0 unspecified atom stereocenters. The fourth-order valence-electron chi connectivity index (χ4n) is 3.79. The maximum atomic E-state index is 12.4. The van der Waals surface area contributed by atoms with Crippen LogP contribution >= 0.6 is 0 Å². The highest BCUT2D eigenvalue weighted by Gasteiger charge is 2.67. The second-order valence-corrected chi connectivity index (χ2v) is 14.7. The summed E-state index contributed by atoms with van der Waals surface area (Å²) in [6, 6.07) is 1.31. The van der Waals surface area contributed by atoms with Gasteiger partial charge in [0, 0.05) is 18.9 Å². The van der Waals surface area contributed by atoms with E-state index in [2.05, 4.69) is 45.8 Å². The van der Waals surface area contributed by atoms with E-state index in [1.807, 2.05) is 6.92 Å². The highest BCUT2D eigenvalue weighted by molar-refractivity contribution is 6.74. The molecule has 0 spiro atoms. The van der Waals surface area contributed by atoms with Gasteiger partial charge in [-0.3, -0.25) is 14.3 Å². The molecule has 0 aromatic carbocycles. The number of hydrogen-bond donors (Lipinski definition) is 1. The minimum Gasteiger partial charge on any atom is -0.408 e. The van der Waals surface area contributed by atoms with E-state index >= 15 is 0 Å². The average Bonchev–Trinajstić information content (AvgIpc) is 3.13. The second-order valence-electron chi connectivity index (χ2n) is 9.92. The number of rotatable bonds is 8. The first kappa shape index (κ1) is 23.4. The summed E-state index contributed by atoms with van der Waals surface area (Å²) in [5.74, 6) is 0. The summed E-state index contributed by atoms with van der Waals surface area (Å²) in [5.41, 5.74) is -1.78. The molecule has 3 heterocycles. The second kappa shape index (κ2) is 8.35. The summed E-state index contributed by atoms with van der Waals surface area (Å²) in [5, 5.41) is 0.00679. The van der Waals surface area contributed by atoms with E-state index in [-0.39, 0.29) is 17.2 Å². The van der Waals surface area contributed by atoms with Crippen molar-refractivity contribution in [3.63, 3.8) is 0 Å². The van der Waals surface area contributed by atoms with E-state index in [0.29, 0.717) is 13.2 Å². The molecule has 5 atom stereocenters. The van der Waals surface area contributed by atoms with Crippen molar-refractivity contribution in [2.45, 2.75) is 95.7 Å². The van der Waals surface area contributed by atoms with Crippen LogP contribution in [0.25, 0.3) is 0 Å². The average molecular weight is 441 g/mol. The topological polar surface area (TPSA) is 91.8 Å². The molecule has 0 amide bonds. The van der Waals surface area contributed by atoms with Crippen LogP contribution in [0.5, 0.6) is 0 Å². The van der Waals surface area contributed by atoms with Gasteiger partial charge in [-0.1, -0.05) is 34.1 Å². The van der Waals surface area contributed by atoms with Crippen LogP contribution in [0, 0.1) is 0 Å². The fraction of sp³-hybridized carbons (Fsp3) is 0.810. The zero-order valence-electron chi connectivity index (χ0n) is 19.2. The summed E-state index contributed by atoms with van der Waals surface area (Å²) < 4.78 is 27.0. The molecule has 0 radical (unpaired) electrons. The molecule has 170 valence electrons. The molecule has 30 heavy (non-hydrogen) atoms. The van der Waals surface area contributed by atoms with Crippen LogP contribution in [0.2, 0.25) is 18.1 Å². The van der Waals surface area contributed by atoms with Gasteiger partial charge in [-0.05, 0) is 31.5 Å². The molecule has 2 aliphatic heterocycles. The third-order valence-electron chi connectivity index (χ3n) is 6.81. The summed E-state index contributed by atoms with van der Waals surface area (Å²) >= 11 is 0. The van der Waals surface area contributed by atoms with Crippen molar-refractivity contribution in [3.8, 4) is 0 Å². The molecule has 9 heteroatoms. The molecule has 0 aliphatic carbocycles. The smallest absolute Gasteiger partial charge is 0.330 e. The fourth-order valence-corrected chi connectivity index (χ4v) is 5.11. The first-order valence-electron chi connectivity index (χ1n) is 10.8. The number of nitrogens with one attached hydrogen (secondary N) is 1. The quantitative estimate of drug-likeness (QED) is 0.494. The van der Waals surface area contributed by atoms with Crippen molar-refractivity contribution < 1.29 is 18.6 Å². The third-order valence-corrected chi connectivity index (χ3v) is 11.3. The molecule has 1 aromatic rings. The Kier molecular flexibility index (Phi) is 6.51. The maximum absolute atomic E-state index is 12.4. The van der Waals surface area contributed by atoms with Gasteiger partial charge < -0.3 is 18.6 Å². The molecule has 2 fully saturated rings. The van der Waals surface area contributed by atoms with Gasteiger partial charge in [0.2, 0.25) is 0 Å². The van der Waals surface area contributed by atoms with Crippen LogP contribution in [0.3, 0.4) is 0 Å². The van der Waals surface area contributed by atoms with Crippen LogP contribution in [-0.4, -0.2) is 55.0 Å². The zero-order chi connectivity index (χ0) is 22.3. The van der Waals surface area contributed by atoms with Gasteiger partial charge in [-0.15, -0.1) is 0 Å². The van der Waals surface area contributed by atoms with Crippen molar-refractivity contribution in [2.24, 2.45) is 0 Å². The molecule has 8 nitrogen and oxygen atoms in total. The Morgan fingerprint density at radius 3 is 2.67 bits per heavy atom. The summed E-state index contributed by atoms with van der Waals surface area (Å²) in [7, 11) is -2.16. The largest absolute Gasteiger partial charge is 0.408 e. The van der Waals surface area contributed by atoms with E-state index in [9.17, 15) is 9.59 Å². The monoisotopic (exact) mass is 440 g/mol. The Bertz CT molecular complexity index is 860. The molecule has 3 rings (SSSR count). The number of aromatic nitrogens is 2. The number of ether oxygens (including phenoxy) is 3. The minimum atomic E-state index is -2.16. The highest BCUT2D eigenvalue weighted by Crippen LogP contribution is 2.51. The van der Waals surface area contributed by atoms with Gasteiger partial charge in [0.25, 0.3) is 5.56 Å². The predicted molar refractivity (Wildman–Crippen MR) is 116 cm³/mol. The summed E-state index contributed by atoms with van der Waals surface area (Å²) in [6.45, 7) is 16.0. The van der Waals surface area contributed by atoms with Crippen molar-refractivity contribution in [3.05, 3.63) is 33.1 Å². The highest BCUT2D eigenvalue weighted by atomic mass is 28.4. The van der Waals surface area contributed by atoms with Crippen molar-refractivity contribution >= 4 is 8.32 Å². The van der Waals surface area contributed by atoms with Crippen LogP contribution < -0.4 is 11.2 Å². The predicted octanol–water partition coefficient (Wildman–Crippen LogP) is 2.80. The van der Waals surface area contributed by atoms with E-state index in [0.717, 1.165) is 12.8 Å². The standard InChI is InChI=1S/C21H36N2O6Si/c1-8-9-12-26-14(2)21-13-27-16(17(21)29-30(6,7)20(3,4)5)18(28-21)23-11-10-15(24)22-19(23)25/h10-11,14,16-18H,8-9,12-13H2,1-7H3,(H,22,24,25)/t14-,16-,17+,18+,21-/m0/s1. The number of H-pyrrole nitrogens is 1. The minimum absolute atomic E-state index is 0.00679. The van der Waals surface area contributed by atoms with Crippen LogP contribution in [0.4, 0.5) is 0 Å². The van der Waals surface area contributed by atoms with Gasteiger partial charge in [-0.2, -0.15) is 0 Å².